The number of pyridine rings is 2. The molecule has 0 saturated heterocycles. The zero-order chi connectivity index (χ0) is 15.5. The molecule has 0 amide bonds. The number of Topliss-reactive ketones (excluding diaryl/α,β-unsaturated/α-hetero) is 1. The monoisotopic (exact) mass is 285 g/mol. The average Bonchev–Trinajstić information content (AvgIpc) is 2.43. The Morgan fingerprint density at radius 1 is 1.33 bits per heavy atom. The summed E-state index contributed by atoms with van der Waals surface area (Å²) >= 11 is 0. The summed E-state index contributed by atoms with van der Waals surface area (Å²) in [7, 11) is 0. The third kappa shape index (κ3) is 4.00. The summed E-state index contributed by atoms with van der Waals surface area (Å²) in [5.74, 6) is 0.778. The van der Waals surface area contributed by atoms with Crippen molar-refractivity contribution in [3.05, 3.63) is 30.1 Å². The summed E-state index contributed by atoms with van der Waals surface area (Å²) in [5.41, 5.74) is 1.19. The highest BCUT2D eigenvalue weighted by Gasteiger charge is 2.16. The van der Waals surface area contributed by atoms with Crippen molar-refractivity contribution in [2.24, 2.45) is 0 Å². The summed E-state index contributed by atoms with van der Waals surface area (Å²) < 4.78 is 0. The van der Waals surface area contributed by atoms with Gasteiger partial charge in [-0.25, -0.2) is 4.98 Å². The van der Waals surface area contributed by atoms with E-state index in [4.69, 9.17) is 0 Å². The van der Waals surface area contributed by atoms with Crippen molar-refractivity contribution < 1.29 is 4.79 Å². The van der Waals surface area contributed by atoms with Gasteiger partial charge in [0, 0.05) is 23.5 Å². The summed E-state index contributed by atoms with van der Waals surface area (Å²) in [6.07, 6.45) is 4.20. The van der Waals surface area contributed by atoms with E-state index in [0.29, 0.717) is 17.9 Å². The van der Waals surface area contributed by atoms with Crippen LogP contribution in [-0.2, 0) is 0 Å². The minimum atomic E-state index is -0.136. The molecule has 1 N–H and O–H groups in total. The SMILES string of the molecule is CCCCC(=O)c1cc2cccnc2c(NC(C)(C)C)n1. The van der Waals surface area contributed by atoms with Crippen molar-refractivity contribution in [2.45, 2.75) is 52.5 Å². The maximum atomic E-state index is 12.3. The Labute approximate surface area is 126 Å². The average molecular weight is 285 g/mol. The third-order valence-electron chi connectivity index (χ3n) is 3.12. The quantitative estimate of drug-likeness (QED) is 0.836. The molecular formula is C17H23N3O. The van der Waals surface area contributed by atoms with E-state index < -0.39 is 0 Å². The molecule has 0 atom stereocenters. The Morgan fingerprint density at radius 3 is 2.76 bits per heavy atom. The van der Waals surface area contributed by atoms with E-state index in [0.717, 1.165) is 23.7 Å². The van der Waals surface area contributed by atoms with E-state index in [2.05, 4.69) is 43.0 Å². The van der Waals surface area contributed by atoms with Crippen LogP contribution in [-0.4, -0.2) is 21.3 Å². The number of rotatable bonds is 5. The second-order valence-corrected chi connectivity index (χ2v) is 6.33. The van der Waals surface area contributed by atoms with E-state index in [9.17, 15) is 4.79 Å². The molecule has 0 aliphatic heterocycles. The number of carbonyl (C=O) groups is 1. The Balaban J connectivity index is 2.46. The standard InChI is InChI=1S/C17H23N3O/c1-5-6-9-14(21)13-11-12-8-7-10-18-15(12)16(19-13)20-17(2,3)4/h7-8,10-11H,5-6,9H2,1-4H3,(H,19,20). The molecule has 0 radical (unpaired) electrons. The second kappa shape index (κ2) is 6.20. The molecule has 2 aromatic heterocycles. The van der Waals surface area contributed by atoms with Gasteiger partial charge in [-0.2, -0.15) is 0 Å². The number of nitrogens with one attached hydrogen (secondary N) is 1. The summed E-state index contributed by atoms with van der Waals surface area (Å²) in [6.45, 7) is 8.27. The smallest absolute Gasteiger partial charge is 0.181 e. The molecule has 4 heteroatoms. The maximum Gasteiger partial charge on any atom is 0.181 e. The van der Waals surface area contributed by atoms with Crippen molar-refractivity contribution in [2.75, 3.05) is 5.32 Å². The number of carbonyl (C=O) groups excluding carboxylic acids is 1. The van der Waals surface area contributed by atoms with Crippen molar-refractivity contribution in [1.82, 2.24) is 9.97 Å². The van der Waals surface area contributed by atoms with Gasteiger partial charge < -0.3 is 5.32 Å². The fourth-order valence-corrected chi connectivity index (χ4v) is 2.14. The largest absolute Gasteiger partial charge is 0.364 e. The fourth-order valence-electron chi connectivity index (χ4n) is 2.14. The third-order valence-corrected chi connectivity index (χ3v) is 3.12. The lowest BCUT2D eigenvalue weighted by Crippen LogP contribution is -2.27. The molecule has 0 fully saturated rings. The van der Waals surface area contributed by atoms with Gasteiger partial charge in [0.25, 0.3) is 0 Å². The molecule has 0 saturated carbocycles. The molecule has 0 spiro atoms. The van der Waals surface area contributed by atoms with Crippen LogP contribution in [0.2, 0.25) is 0 Å². The molecule has 112 valence electrons. The van der Waals surface area contributed by atoms with Gasteiger partial charge in [-0.1, -0.05) is 19.4 Å². The van der Waals surface area contributed by atoms with Gasteiger partial charge in [-0.05, 0) is 39.3 Å². The van der Waals surface area contributed by atoms with Gasteiger partial charge in [0.2, 0.25) is 0 Å². The van der Waals surface area contributed by atoms with Crippen LogP contribution in [0.25, 0.3) is 10.9 Å². The fraction of sp³-hybridized carbons (Fsp3) is 0.471. The van der Waals surface area contributed by atoms with Gasteiger partial charge >= 0.3 is 0 Å². The lowest BCUT2D eigenvalue weighted by molar-refractivity contribution is 0.0975. The number of fused-ring (bicyclic) bond motifs is 1. The number of unbranched alkanes of at least 4 members (excludes halogenated alkanes) is 1. The number of anilines is 1. The molecule has 2 rings (SSSR count). The Bertz CT molecular complexity index is 644. The zero-order valence-corrected chi connectivity index (χ0v) is 13.2. The summed E-state index contributed by atoms with van der Waals surface area (Å²) in [4.78, 5) is 21.2. The van der Waals surface area contributed by atoms with Gasteiger partial charge in [0.1, 0.15) is 11.2 Å². The molecule has 21 heavy (non-hydrogen) atoms. The normalized spacial score (nSPS) is 11.6. The zero-order valence-electron chi connectivity index (χ0n) is 13.2. The molecule has 0 aliphatic rings. The topological polar surface area (TPSA) is 54.9 Å². The molecule has 4 nitrogen and oxygen atoms in total. The van der Waals surface area contributed by atoms with Crippen LogP contribution >= 0.6 is 0 Å². The Hall–Kier alpha value is -1.97. The van der Waals surface area contributed by atoms with Gasteiger partial charge in [-0.3, -0.25) is 9.78 Å². The van der Waals surface area contributed by atoms with Crippen LogP contribution in [0, 0.1) is 0 Å². The van der Waals surface area contributed by atoms with Crippen LogP contribution in [0.15, 0.2) is 24.4 Å². The molecule has 0 aliphatic carbocycles. The summed E-state index contributed by atoms with van der Waals surface area (Å²) in [5, 5.41) is 4.29. The number of aromatic nitrogens is 2. The van der Waals surface area contributed by atoms with E-state index >= 15 is 0 Å². The Kier molecular flexibility index (Phi) is 4.56. The molecular weight excluding hydrogens is 262 g/mol. The highest BCUT2D eigenvalue weighted by Crippen LogP contribution is 2.24. The first-order valence-corrected chi connectivity index (χ1v) is 7.48. The van der Waals surface area contributed by atoms with Crippen LogP contribution in [0.4, 0.5) is 5.82 Å². The number of nitrogens with zero attached hydrogens (tertiary/aromatic N) is 2. The van der Waals surface area contributed by atoms with E-state index in [-0.39, 0.29) is 11.3 Å². The first-order valence-electron chi connectivity index (χ1n) is 7.48. The van der Waals surface area contributed by atoms with Crippen molar-refractivity contribution in [3.63, 3.8) is 0 Å². The predicted octanol–water partition coefficient (Wildman–Crippen LogP) is 4.21. The van der Waals surface area contributed by atoms with Crippen molar-refractivity contribution >= 4 is 22.5 Å². The molecule has 0 bridgehead atoms. The second-order valence-electron chi connectivity index (χ2n) is 6.33. The highest BCUT2D eigenvalue weighted by atomic mass is 16.1. The molecule has 0 aromatic carbocycles. The van der Waals surface area contributed by atoms with Crippen LogP contribution in [0.5, 0.6) is 0 Å². The maximum absolute atomic E-state index is 12.3. The van der Waals surface area contributed by atoms with Crippen LogP contribution in [0.1, 0.15) is 57.4 Å². The minimum Gasteiger partial charge on any atom is -0.364 e. The van der Waals surface area contributed by atoms with E-state index in [1.807, 2.05) is 18.2 Å². The Morgan fingerprint density at radius 2 is 2.10 bits per heavy atom. The van der Waals surface area contributed by atoms with Crippen LogP contribution < -0.4 is 5.32 Å². The van der Waals surface area contributed by atoms with Crippen molar-refractivity contribution in [3.8, 4) is 0 Å². The minimum absolute atomic E-state index is 0.0968. The van der Waals surface area contributed by atoms with E-state index in [1.54, 1.807) is 6.20 Å². The van der Waals surface area contributed by atoms with Gasteiger partial charge in [-0.15, -0.1) is 0 Å². The summed E-state index contributed by atoms with van der Waals surface area (Å²) in [6, 6.07) is 5.69. The predicted molar refractivity (Wildman–Crippen MR) is 86.8 cm³/mol. The highest BCUT2D eigenvalue weighted by molar-refractivity contribution is 6.00. The molecule has 2 aromatic rings. The molecule has 0 unspecified atom stereocenters. The van der Waals surface area contributed by atoms with Gasteiger partial charge in [0.15, 0.2) is 11.6 Å². The number of ketones is 1. The number of hydrogen-bond donors (Lipinski definition) is 1. The lowest BCUT2D eigenvalue weighted by atomic mass is 10.1. The number of hydrogen-bond acceptors (Lipinski definition) is 4. The van der Waals surface area contributed by atoms with Gasteiger partial charge in [0.05, 0.1) is 0 Å². The van der Waals surface area contributed by atoms with Crippen LogP contribution in [0.3, 0.4) is 0 Å². The first kappa shape index (κ1) is 15.4. The molecule has 2 heterocycles. The van der Waals surface area contributed by atoms with Crippen molar-refractivity contribution in [1.29, 1.82) is 0 Å². The lowest BCUT2D eigenvalue weighted by Gasteiger charge is -2.22. The van der Waals surface area contributed by atoms with E-state index in [1.165, 1.54) is 0 Å². The first-order chi connectivity index (χ1) is 9.90.